The molecule has 0 radical (unpaired) electrons. The first-order chi connectivity index (χ1) is 6.51. The van der Waals surface area contributed by atoms with Crippen LogP contribution in [0.15, 0.2) is 0 Å². The number of hydrogen-bond donors (Lipinski definition) is 0. The van der Waals surface area contributed by atoms with E-state index in [0.717, 1.165) is 0 Å². The molecule has 14 heavy (non-hydrogen) atoms. The summed E-state index contributed by atoms with van der Waals surface area (Å²) < 4.78 is 21.6. The van der Waals surface area contributed by atoms with E-state index < -0.39 is 19.0 Å². The predicted molar refractivity (Wildman–Crippen MR) is 50.9 cm³/mol. The maximum Gasteiger partial charge on any atom is 0.355 e. The van der Waals surface area contributed by atoms with E-state index in [1.165, 1.54) is 6.92 Å². The van der Waals surface area contributed by atoms with Crippen molar-refractivity contribution in [1.29, 1.82) is 5.26 Å². The Hall–Kier alpha value is -0.690. The molecule has 0 aromatic carbocycles. The molecule has 0 saturated carbocycles. The van der Waals surface area contributed by atoms with Crippen LogP contribution in [0.3, 0.4) is 0 Å². The van der Waals surface area contributed by atoms with Gasteiger partial charge in [0.15, 0.2) is 5.78 Å². The van der Waals surface area contributed by atoms with Crippen LogP contribution >= 0.6 is 7.60 Å². The molecule has 0 unspecified atom stereocenters. The van der Waals surface area contributed by atoms with Gasteiger partial charge in [0.2, 0.25) is 5.66 Å². The topological polar surface area (TPSA) is 76.4 Å². The molecular weight excluding hydrogens is 205 g/mol. The van der Waals surface area contributed by atoms with Crippen LogP contribution < -0.4 is 0 Å². The van der Waals surface area contributed by atoms with Crippen molar-refractivity contribution >= 4 is 13.4 Å². The van der Waals surface area contributed by atoms with Gasteiger partial charge in [-0.25, -0.2) is 0 Å². The zero-order chi connectivity index (χ0) is 11.2. The van der Waals surface area contributed by atoms with Crippen LogP contribution in [0.25, 0.3) is 0 Å². The van der Waals surface area contributed by atoms with Crippen LogP contribution in [0, 0.1) is 11.3 Å². The van der Waals surface area contributed by atoms with Gasteiger partial charge in [0.05, 0.1) is 19.3 Å². The molecule has 80 valence electrons. The minimum absolute atomic E-state index is 0.142. The molecule has 0 aromatic rings. The first-order valence-electron chi connectivity index (χ1n) is 4.30. The maximum atomic E-state index is 11.9. The van der Waals surface area contributed by atoms with E-state index >= 15 is 0 Å². The van der Waals surface area contributed by atoms with E-state index in [-0.39, 0.29) is 13.2 Å². The normalized spacial score (nSPS) is 13.3. The quantitative estimate of drug-likeness (QED) is 0.636. The Morgan fingerprint density at radius 1 is 1.43 bits per heavy atom. The molecule has 0 heterocycles. The molecule has 0 amide bonds. The Kier molecular flexibility index (Phi) is 5.63. The van der Waals surface area contributed by atoms with Crippen LogP contribution in [-0.2, 0) is 18.4 Å². The summed E-state index contributed by atoms with van der Waals surface area (Å²) in [5.74, 6) is -0.502. The Morgan fingerprint density at radius 3 is 2.07 bits per heavy atom. The summed E-state index contributed by atoms with van der Waals surface area (Å²) in [6.07, 6.45) is 0. The molecule has 0 aliphatic carbocycles. The average Bonchev–Trinajstić information content (AvgIpc) is 2.04. The third-order valence-electron chi connectivity index (χ3n) is 1.44. The van der Waals surface area contributed by atoms with Gasteiger partial charge in [-0.1, -0.05) is 0 Å². The monoisotopic (exact) mass is 219 g/mol. The van der Waals surface area contributed by atoms with Gasteiger partial charge in [-0.15, -0.1) is 0 Å². The second kappa shape index (κ2) is 5.92. The summed E-state index contributed by atoms with van der Waals surface area (Å²) in [6.45, 7) is 4.73. The molecule has 6 heteroatoms. The summed E-state index contributed by atoms with van der Waals surface area (Å²) in [5, 5.41) is 8.68. The highest BCUT2D eigenvalue weighted by Crippen LogP contribution is 2.52. The number of nitriles is 1. The number of ketones is 1. The fourth-order valence-corrected chi connectivity index (χ4v) is 2.61. The lowest BCUT2D eigenvalue weighted by atomic mass is 10.3. The number of nitrogens with zero attached hydrogens (tertiary/aromatic N) is 1. The largest absolute Gasteiger partial charge is 0.355 e. The molecule has 0 spiro atoms. The van der Waals surface area contributed by atoms with Crippen molar-refractivity contribution in [1.82, 2.24) is 0 Å². The van der Waals surface area contributed by atoms with Gasteiger partial charge >= 0.3 is 7.60 Å². The number of Topliss-reactive ketones (excluding diaryl/α,β-unsaturated/α-hetero) is 1. The molecule has 5 nitrogen and oxygen atoms in total. The second-order valence-corrected chi connectivity index (χ2v) is 4.63. The average molecular weight is 219 g/mol. The molecule has 0 aromatic heterocycles. The summed E-state index contributed by atoms with van der Waals surface area (Å²) in [5.41, 5.74) is -1.32. The highest BCUT2D eigenvalue weighted by atomic mass is 31.2. The molecule has 0 fully saturated rings. The third-order valence-corrected chi connectivity index (χ3v) is 3.79. The van der Waals surface area contributed by atoms with E-state index in [2.05, 4.69) is 0 Å². The third kappa shape index (κ3) is 3.22. The molecular formula is C8H14NO4P. The number of carbonyl (C=O) groups excluding carboxylic acids is 1. The van der Waals surface area contributed by atoms with Crippen molar-refractivity contribution in [2.75, 3.05) is 13.2 Å². The van der Waals surface area contributed by atoms with Crippen LogP contribution in [-0.4, -0.2) is 24.7 Å². The molecule has 0 aliphatic rings. The van der Waals surface area contributed by atoms with E-state index in [1.54, 1.807) is 19.9 Å². The fourth-order valence-electron chi connectivity index (χ4n) is 0.931. The first-order valence-corrected chi connectivity index (χ1v) is 5.91. The Bertz CT molecular complexity index is 274. The highest BCUT2D eigenvalue weighted by molar-refractivity contribution is 7.56. The van der Waals surface area contributed by atoms with Crippen LogP contribution in [0.1, 0.15) is 20.8 Å². The summed E-state index contributed by atoms with van der Waals surface area (Å²) in [4.78, 5) is 11.0. The Morgan fingerprint density at radius 2 is 1.86 bits per heavy atom. The van der Waals surface area contributed by atoms with Gasteiger partial charge in [-0.05, 0) is 20.8 Å². The highest BCUT2D eigenvalue weighted by Gasteiger charge is 2.39. The van der Waals surface area contributed by atoms with Crippen LogP contribution in [0.5, 0.6) is 0 Å². The Balaban J connectivity index is 4.88. The van der Waals surface area contributed by atoms with Gasteiger partial charge in [-0.3, -0.25) is 9.36 Å². The zero-order valence-corrected chi connectivity index (χ0v) is 9.41. The van der Waals surface area contributed by atoms with Crippen molar-refractivity contribution in [3.8, 4) is 6.07 Å². The molecule has 0 rings (SSSR count). The Labute approximate surface area is 83.5 Å². The standard InChI is InChI=1S/C8H14NO4P/c1-4-12-14(11,13-5-2)8(6-9)7(3)10/h8H,4-5H2,1-3H3/t8-/m0/s1. The van der Waals surface area contributed by atoms with Crippen molar-refractivity contribution in [2.45, 2.75) is 26.4 Å². The first kappa shape index (κ1) is 13.3. The van der Waals surface area contributed by atoms with Crippen LogP contribution in [0.2, 0.25) is 0 Å². The number of hydrogen-bond acceptors (Lipinski definition) is 5. The summed E-state index contributed by atoms with van der Waals surface area (Å²) >= 11 is 0. The summed E-state index contributed by atoms with van der Waals surface area (Å²) in [6, 6.07) is 1.65. The van der Waals surface area contributed by atoms with Crippen molar-refractivity contribution < 1.29 is 18.4 Å². The van der Waals surface area contributed by atoms with Gasteiger partial charge < -0.3 is 9.05 Å². The van der Waals surface area contributed by atoms with E-state index in [4.69, 9.17) is 14.3 Å². The van der Waals surface area contributed by atoms with E-state index in [0.29, 0.717) is 0 Å². The zero-order valence-electron chi connectivity index (χ0n) is 8.52. The molecule has 0 aliphatic heterocycles. The molecule has 0 N–H and O–H groups in total. The smallest absolute Gasteiger partial charge is 0.308 e. The van der Waals surface area contributed by atoms with Gasteiger partial charge in [0.1, 0.15) is 0 Å². The number of rotatable bonds is 6. The molecule has 0 bridgehead atoms. The van der Waals surface area contributed by atoms with Gasteiger partial charge in [-0.2, -0.15) is 5.26 Å². The molecule has 1 atom stereocenters. The van der Waals surface area contributed by atoms with Crippen LogP contribution in [0.4, 0.5) is 0 Å². The summed E-state index contributed by atoms with van der Waals surface area (Å²) in [7, 11) is -3.60. The van der Waals surface area contributed by atoms with Crippen molar-refractivity contribution in [2.24, 2.45) is 0 Å². The maximum absolute atomic E-state index is 11.9. The second-order valence-electron chi connectivity index (χ2n) is 2.52. The molecule has 0 saturated heterocycles. The van der Waals surface area contributed by atoms with E-state index in [1.807, 2.05) is 0 Å². The minimum atomic E-state index is -3.60. The predicted octanol–water partition coefficient (Wildman–Crippen LogP) is 1.73. The lowest BCUT2D eigenvalue weighted by Gasteiger charge is -2.19. The van der Waals surface area contributed by atoms with Crippen molar-refractivity contribution in [3.63, 3.8) is 0 Å². The lowest BCUT2D eigenvalue weighted by molar-refractivity contribution is -0.116. The van der Waals surface area contributed by atoms with E-state index in [9.17, 15) is 9.36 Å². The minimum Gasteiger partial charge on any atom is -0.308 e. The lowest BCUT2D eigenvalue weighted by Crippen LogP contribution is -2.19. The van der Waals surface area contributed by atoms with Crippen molar-refractivity contribution in [3.05, 3.63) is 0 Å². The number of carbonyl (C=O) groups is 1. The van der Waals surface area contributed by atoms with Gasteiger partial charge in [0, 0.05) is 0 Å². The fraction of sp³-hybridized carbons (Fsp3) is 0.750. The van der Waals surface area contributed by atoms with Gasteiger partial charge in [0.25, 0.3) is 0 Å². The SMILES string of the molecule is CCOP(=O)(OCC)[C@@H](C#N)C(C)=O.